The van der Waals surface area contributed by atoms with E-state index in [1.54, 1.807) is 0 Å². The normalized spacial score (nSPS) is 12.2. The second-order valence-corrected chi connectivity index (χ2v) is 12.5. The molecule has 0 aliphatic carbocycles. The van der Waals surface area contributed by atoms with E-state index in [0.29, 0.717) is 0 Å². The van der Waals surface area contributed by atoms with E-state index in [2.05, 4.69) is 13.8 Å². The molecule has 0 rings (SSSR count). The number of hydrogen-bond acceptors (Lipinski definition) is 6. The summed E-state index contributed by atoms with van der Waals surface area (Å²) in [7, 11) is 0. The van der Waals surface area contributed by atoms with Gasteiger partial charge in [0.25, 0.3) is 0 Å². The van der Waals surface area contributed by atoms with Crippen LogP contribution in [-0.4, -0.2) is 57.4 Å². The summed E-state index contributed by atoms with van der Waals surface area (Å²) in [5, 5.41) is 40.1. The van der Waals surface area contributed by atoms with Gasteiger partial charge in [-0.1, -0.05) is 155 Å². The molecule has 0 bridgehead atoms. The van der Waals surface area contributed by atoms with E-state index in [4.69, 9.17) is 0 Å². The van der Waals surface area contributed by atoms with Gasteiger partial charge in [0.15, 0.2) is 0 Å². The van der Waals surface area contributed by atoms with Crippen molar-refractivity contribution in [2.75, 3.05) is 0 Å². The second kappa shape index (κ2) is 39.7. The van der Waals surface area contributed by atoms with Crippen LogP contribution in [0.4, 0.5) is 0 Å². The molecule has 0 aromatic carbocycles. The molecular weight excluding hydrogens is 553 g/mol. The first kappa shape index (κ1) is 47.0. The molecule has 0 saturated carbocycles. The minimum Gasteiger partial charge on any atom is -0.550 e. The number of aliphatic carboxylic acids is 2. The number of carboxylic acid groups (broad SMARTS) is 2. The first-order valence-electron chi connectivity index (χ1n) is 18.1. The van der Waals surface area contributed by atoms with Crippen LogP contribution in [-0.2, 0) is 9.59 Å². The van der Waals surface area contributed by atoms with Gasteiger partial charge in [0, 0.05) is 11.9 Å². The maximum atomic E-state index is 10.2. The largest absolute Gasteiger partial charge is 2.00 e. The van der Waals surface area contributed by atoms with Gasteiger partial charge in [-0.2, -0.15) is 0 Å². The van der Waals surface area contributed by atoms with Gasteiger partial charge in [0.2, 0.25) is 0 Å². The van der Waals surface area contributed by atoms with Gasteiger partial charge in [0.05, 0.1) is 12.2 Å². The van der Waals surface area contributed by atoms with E-state index in [9.17, 15) is 30.0 Å². The van der Waals surface area contributed by atoms with E-state index in [-0.39, 0.29) is 48.1 Å². The van der Waals surface area contributed by atoms with Crippen molar-refractivity contribution in [2.24, 2.45) is 0 Å². The van der Waals surface area contributed by atoms with Crippen LogP contribution in [0.3, 0.4) is 0 Å². The summed E-state index contributed by atoms with van der Waals surface area (Å²) >= 11 is 0. The van der Waals surface area contributed by atoms with Crippen LogP contribution in [0, 0.1) is 0 Å². The maximum absolute atomic E-state index is 10.2. The molecule has 0 aliphatic rings. The van der Waals surface area contributed by atoms with E-state index in [0.717, 1.165) is 77.0 Å². The molecule has 0 heterocycles. The minimum absolute atomic E-state index is 0. The molecule has 43 heavy (non-hydrogen) atoms. The van der Waals surface area contributed by atoms with Crippen molar-refractivity contribution in [2.45, 2.75) is 219 Å². The average Bonchev–Trinajstić information content (AvgIpc) is 2.95. The van der Waals surface area contributed by atoms with E-state index < -0.39 is 11.9 Å². The van der Waals surface area contributed by atoms with E-state index in [1.807, 2.05) is 0 Å². The summed E-state index contributed by atoms with van der Waals surface area (Å²) in [4.78, 5) is 20.5. The van der Waals surface area contributed by atoms with Gasteiger partial charge >= 0.3 is 23.1 Å². The number of aliphatic hydroxyl groups is 2. The van der Waals surface area contributed by atoms with Crippen LogP contribution in [0.15, 0.2) is 0 Å². The standard InChI is InChI=1S/2C18H36O3.Mg/c2*1-2-3-4-11-14-17(19)15-12-9-7-5-6-8-10-13-16-18(20)21;/h2*17,19H,2-16H2,1H3,(H,20,21);/q;;+2/p-2. The van der Waals surface area contributed by atoms with Crippen LogP contribution in [0.2, 0.25) is 0 Å². The number of carbonyl (C=O) groups is 2. The van der Waals surface area contributed by atoms with E-state index in [1.165, 1.54) is 103 Å². The van der Waals surface area contributed by atoms with Crippen molar-refractivity contribution >= 4 is 35.0 Å². The summed E-state index contributed by atoms with van der Waals surface area (Å²) in [5.74, 6) is -1.86. The first-order valence-corrected chi connectivity index (χ1v) is 18.1. The van der Waals surface area contributed by atoms with Crippen molar-refractivity contribution in [1.29, 1.82) is 0 Å². The van der Waals surface area contributed by atoms with Crippen molar-refractivity contribution in [3.05, 3.63) is 0 Å². The maximum Gasteiger partial charge on any atom is 2.00 e. The summed E-state index contributed by atoms with van der Waals surface area (Å²) in [5.41, 5.74) is 0. The molecule has 2 N–H and O–H groups in total. The molecule has 0 amide bonds. The molecule has 2 atom stereocenters. The van der Waals surface area contributed by atoms with Crippen molar-refractivity contribution in [3.63, 3.8) is 0 Å². The number of unbranched alkanes of at least 4 members (excludes halogenated alkanes) is 20. The quantitative estimate of drug-likeness (QED) is 0.0590. The third-order valence-corrected chi connectivity index (χ3v) is 8.12. The third kappa shape index (κ3) is 46.2. The molecule has 252 valence electrons. The van der Waals surface area contributed by atoms with Crippen molar-refractivity contribution in [3.8, 4) is 0 Å². The number of hydrogen-bond donors (Lipinski definition) is 2. The van der Waals surface area contributed by atoms with Crippen molar-refractivity contribution < 1.29 is 30.0 Å². The second-order valence-electron chi connectivity index (χ2n) is 12.5. The fraction of sp³-hybridized carbons (Fsp3) is 0.944. The van der Waals surface area contributed by atoms with E-state index >= 15 is 0 Å². The van der Waals surface area contributed by atoms with Crippen LogP contribution < -0.4 is 10.2 Å². The van der Waals surface area contributed by atoms with Crippen molar-refractivity contribution in [1.82, 2.24) is 0 Å². The van der Waals surface area contributed by atoms with Crippen LogP contribution >= 0.6 is 0 Å². The zero-order valence-corrected chi connectivity index (χ0v) is 30.0. The Labute approximate surface area is 282 Å². The summed E-state index contributed by atoms with van der Waals surface area (Å²) in [6.45, 7) is 4.42. The zero-order valence-electron chi connectivity index (χ0n) is 28.6. The molecule has 0 fully saturated rings. The molecule has 0 spiro atoms. The molecule has 7 heteroatoms. The third-order valence-electron chi connectivity index (χ3n) is 8.12. The minimum atomic E-state index is -0.928. The van der Waals surface area contributed by atoms with Gasteiger partial charge in [-0.25, -0.2) is 0 Å². The predicted molar refractivity (Wildman–Crippen MR) is 178 cm³/mol. The Morgan fingerprint density at radius 2 is 0.628 bits per heavy atom. The van der Waals surface area contributed by atoms with Crippen LogP contribution in [0.25, 0.3) is 0 Å². The molecule has 0 aromatic heterocycles. The van der Waals surface area contributed by atoms with Crippen LogP contribution in [0.5, 0.6) is 0 Å². The molecule has 0 aliphatic heterocycles. The first-order chi connectivity index (χ1) is 20.3. The Morgan fingerprint density at radius 1 is 0.419 bits per heavy atom. The number of aliphatic hydroxyl groups excluding tert-OH is 2. The average molecular weight is 623 g/mol. The van der Waals surface area contributed by atoms with Gasteiger partial charge in [-0.05, 0) is 51.4 Å². The molecular formula is C36H70MgO6. The zero-order chi connectivity index (χ0) is 31.5. The number of carbonyl (C=O) groups excluding carboxylic acids is 2. The Bertz CT molecular complexity index is 512. The van der Waals surface area contributed by atoms with Gasteiger partial charge in [-0.3, -0.25) is 0 Å². The topological polar surface area (TPSA) is 121 Å². The predicted octanol–water partition coefficient (Wildman–Crippen LogP) is 7.56. The molecule has 6 nitrogen and oxygen atoms in total. The Hall–Kier alpha value is -0.374. The van der Waals surface area contributed by atoms with Crippen LogP contribution in [0.1, 0.15) is 206 Å². The number of carboxylic acids is 2. The number of rotatable bonds is 32. The van der Waals surface area contributed by atoms with Gasteiger partial charge in [0.1, 0.15) is 0 Å². The molecule has 0 aromatic rings. The Morgan fingerprint density at radius 3 is 0.860 bits per heavy atom. The fourth-order valence-electron chi connectivity index (χ4n) is 5.32. The van der Waals surface area contributed by atoms with Gasteiger partial charge in [-0.15, -0.1) is 0 Å². The molecule has 0 saturated heterocycles. The summed E-state index contributed by atoms with van der Waals surface area (Å²) in [6.07, 6.45) is 31.8. The van der Waals surface area contributed by atoms with Gasteiger partial charge < -0.3 is 30.0 Å². The summed E-state index contributed by atoms with van der Waals surface area (Å²) < 4.78 is 0. The molecule has 2 unspecified atom stereocenters. The fourth-order valence-corrected chi connectivity index (χ4v) is 5.32. The molecule has 0 radical (unpaired) electrons. The SMILES string of the molecule is CCCCCCC(O)CCCCCCCCCCC(=O)[O-].CCCCCCC(O)CCCCCCCCCCC(=O)[O-].[Mg+2]. The summed E-state index contributed by atoms with van der Waals surface area (Å²) in [6, 6.07) is 0. The Kier molecular flexibility index (Phi) is 43.4. The smallest absolute Gasteiger partial charge is 0.550 e. The monoisotopic (exact) mass is 623 g/mol. The Balaban J connectivity index is -0.000000727.